The number of ether oxygens (including phenoxy) is 3. The van der Waals surface area contributed by atoms with Crippen LogP contribution in [0.4, 0.5) is 0 Å². The van der Waals surface area contributed by atoms with Crippen molar-refractivity contribution in [1.29, 1.82) is 0 Å². The van der Waals surface area contributed by atoms with Gasteiger partial charge in [-0.3, -0.25) is 0 Å². The Morgan fingerprint density at radius 1 is 0.500 bits per heavy atom. The summed E-state index contributed by atoms with van der Waals surface area (Å²) in [7, 11) is 0. The van der Waals surface area contributed by atoms with E-state index in [4.69, 9.17) is 14.2 Å². The number of carbonyl (C=O) groups excluding carboxylic acids is 3. The van der Waals surface area contributed by atoms with Crippen LogP contribution in [0.3, 0.4) is 0 Å². The Morgan fingerprint density at radius 3 is 1.33 bits per heavy atom. The minimum Gasteiger partial charge on any atom is -0.462 e. The van der Waals surface area contributed by atoms with Crippen molar-refractivity contribution in [3.8, 4) is 0 Å². The monoisotopic (exact) mass is 504 g/mol. The van der Waals surface area contributed by atoms with Gasteiger partial charge in [-0.25, -0.2) is 14.4 Å². The highest BCUT2D eigenvalue weighted by molar-refractivity contribution is 6.05. The fraction of sp³-hybridized carbons (Fsp3) is 0.700. The third-order valence-corrected chi connectivity index (χ3v) is 6.14. The summed E-state index contributed by atoms with van der Waals surface area (Å²) in [6.07, 6.45) is 15.6. The quantitative estimate of drug-likeness (QED) is 0.0956. The third kappa shape index (κ3) is 13.6. The SMILES string of the molecule is CCCCCCCOC(=O)c1ccc(C(=O)OCCCCCCC)c(C(=O)OCCCCCCC)c1. The van der Waals surface area contributed by atoms with Crippen LogP contribution in [-0.2, 0) is 14.2 Å². The van der Waals surface area contributed by atoms with Gasteiger partial charge in [-0.15, -0.1) is 0 Å². The van der Waals surface area contributed by atoms with Crippen molar-refractivity contribution in [2.75, 3.05) is 19.8 Å². The van der Waals surface area contributed by atoms with Crippen LogP contribution in [0, 0.1) is 0 Å². The molecule has 6 heteroatoms. The van der Waals surface area contributed by atoms with Crippen LogP contribution >= 0.6 is 0 Å². The summed E-state index contributed by atoms with van der Waals surface area (Å²) >= 11 is 0. The second-order valence-corrected chi connectivity index (χ2v) is 9.41. The first kappa shape index (κ1) is 31.7. The van der Waals surface area contributed by atoms with Crippen LogP contribution < -0.4 is 0 Å². The molecule has 1 aromatic carbocycles. The van der Waals surface area contributed by atoms with E-state index in [1.54, 1.807) is 0 Å². The lowest BCUT2D eigenvalue weighted by atomic mass is 10.0. The molecule has 204 valence electrons. The molecule has 0 radical (unpaired) electrons. The van der Waals surface area contributed by atoms with Crippen LogP contribution in [0.1, 0.15) is 148 Å². The Balaban J connectivity index is 2.78. The highest BCUT2D eigenvalue weighted by atomic mass is 16.5. The predicted octanol–water partition coefficient (Wildman–Crippen LogP) is 8.07. The number of unbranched alkanes of at least 4 members (excludes halogenated alkanes) is 12. The van der Waals surface area contributed by atoms with Gasteiger partial charge in [0.2, 0.25) is 0 Å². The Kier molecular flexibility index (Phi) is 18.3. The van der Waals surface area contributed by atoms with Gasteiger partial charge in [0.25, 0.3) is 0 Å². The zero-order chi connectivity index (χ0) is 26.4. The van der Waals surface area contributed by atoms with E-state index in [0.29, 0.717) is 13.2 Å². The molecule has 0 amide bonds. The van der Waals surface area contributed by atoms with E-state index in [9.17, 15) is 14.4 Å². The van der Waals surface area contributed by atoms with Crippen molar-refractivity contribution < 1.29 is 28.6 Å². The minimum atomic E-state index is -0.616. The van der Waals surface area contributed by atoms with Gasteiger partial charge in [-0.1, -0.05) is 97.8 Å². The van der Waals surface area contributed by atoms with Crippen molar-refractivity contribution in [2.24, 2.45) is 0 Å². The largest absolute Gasteiger partial charge is 0.462 e. The maximum atomic E-state index is 12.9. The molecule has 0 aliphatic carbocycles. The summed E-state index contributed by atoms with van der Waals surface area (Å²) in [5.74, 6) is -1.69. The van der Waals surface area contributed by atoms with Crippen molar-refractivity contribution in [2.45, 2.75) is 117 Å². The van der Waals surface area contributed by atoms with Gasteiger partial charge in [0.05, 0.1) is 36.5 Å². The third-order valence-electron chi connectivity index (χ3n) is 6.14. The van der Waals surface area contributed by atoms with E-state index in [-0.39, 0.29) is 23.3 Å². The molecule has 36 heavy (non-hydrogen) atoms. The number of esters is 3. The topological polar surface area (TPSA) is 78.9 Å². The van der Waals surface area contributed by atoms with E-state index in [0.717, 1.165) is 83.5 Å². The number of hydrogen-bond acceptors (Lipinski definition) is 6. The molecule has 0 atom stereocenters. The summed E-state index contributed by atoms with van der Waals surface area (Å²) in [6, 6.07) is 4.38. The molecule has 0 spiro atoms. The van der Waals surface area contributed by atoms with Crippen LogP contribution in [0.2, 0.25) is 0 Å². The van der Waals surface area contributed by atoms with Crippen LogP contribution in [0.15, 0.2) is 18.2 Å². The van der Waals surface area contributed by atoms with E-state index < -0.39 is 17.9 Å². The van der Waals surface area contributed by atoms with E-state index >= 15 is 0 Å². The van der Waals surface area contributed by atoms with Gasteiger partial charge in [-0.05, 0) is 37.5 Å². The van der Waals surface area contributed by atoms with Crippen LogP contribution in [-0.4, -0.2) is 37.7 Å². The second-order valence-electron chi connectivity index (χ2n) is 9.41. The number of benzene rings is 1. The molecule has 0 saturated heterocycles. The highest BCUT2D eigenvalue weighted by Crippen LogP contribution is 2.18. The van der Waals surface area contributed by atoms with Gasteiger partial charge in [0.15, 0.2) is 0 Å². The Morgan fingerprint density at radius 2 is 0.889 bits per heavy atom. The molecule has 0 bridgehead atoms. The molecular weight excluding hydrogens is 456 g/mol. The first-order valence-electron chi connectivity index (χ1n) is 14.2. The molecule has 1 rings (SSSR count). The normalized spacial score (nSPS) is 10.8. The molecule has 6 nitrogen and oxygen atoms in total. The second kappa shape index (κ2) is 20.8. The summed E-state index contributed by atoms with van der Waals surface area (Å²) in [5.41, 5.74) is 0.405. The van der Waals surface area contributed by atoms with E-state index in [1.807, 2.05) is 0 Å². The number of hydrogen-bond donors (Lipinski definition) is 0. The average molecular weight is 505 g/mol. The molecule has 0 fully saturated rings. The molecule has 0 aromatic heterocycles. The van der Waals surface area contributed by atoms with Crippen molar-refractivity contribution in [3.63, 3.8) is 0 Å². The average Bonchev–Trinajstić information content (AvgIpc) is 2.89. The summed E-state index contributed by atoms with van der Waals surface area (Å²) in [4.78, 5) is 38.2. The lowest BCUT2D eigenvalue weighted by Crippen LogP contribution is -2.17. The molecule has 0 N–H and O–H groups in total. The van der Waals surface area contributed by atoms with Gasteiger partial charge < -0.3 is 14.2 Å². The van der Waals surface area contributed by atoms with Crippen LogP contribution in [0.25, 0.3) is 0 Å². The first-order chi connectivity index (χ1) is 17.5. The summed E-state index contributed by atoms with van der Waals surface area (Å²) in [5, 5.41) is 0. The minimum absolute atomic E-state index is 0.0527. The fourth-order valence-corrected chi connectivity index (χ4v) is 3.87. The van der Waals surface area contributed by atoms with Crippen molar-refractivity contribution in [3.05, 3.63) is 34.9 Å². The number of rotatable bonds is 21. The fourth-order valence-electron chi connectivity index (χ4n) is 3.87. The molecule has 0 aliphatic heterocycles. The lowest BCUT2D eigenvalue weighted by molar-refractivity contribution is 0.0448. The van der Waals surface area contributed by atoms with Gasteiger partial charge in [0.1, 0.15) is 0 Å². The molecule has 1 aromatic rings. The first-order valence-corrected chi connectivity index (χ1v) is 14.2. The molecule has 0 aliphatic rings. The highest BCUT2D eigenvalue weighted by Gasteiger charge is 2.22. The standard InChI is InChI=1S/C30H48O6/c1-4-7-10-13-16-21-34-28(31)25-19-20-26(29(32)35-22-17-14-11-8-5-2)27(24-25)30(33)36-23-18-15-12-9-6-3/h19-20,24H,4-18,21-23H2,1-3H3. The van der Waals surface area contributed by atoms with Crippen molar-refractivity contribution >= 4 is 17.9 Å². The van der Waals surface area contributed by atoms with Gasteiger partial charge in [0, 0.05) is 0 Å². The molecule has 0 unspecified atom stereocenters. The predicted molar refractivity (Wildman–Crippen MR) is 144 cm³/mol. The Hall–Kier alpha value is -2.37. The van der Waals surface area contributed by atoms with E-state index in [2.05, 4.69) is 20.8 Å². The number of carbonyl (C=O) groups is 3. The Bertz CT molecular complexity index is 758. The molecule has 0 heterocycles. The molecular formula is C30H48O6. The maximum Gasteiger partial charge on any atom is 0.339 e. The summed E-state index contributed by atoms with van der Waals surface area (Å²) in [6.45, 7) is 7.37. The van der Waals surface area contributed by atoms with Gasteiger partial charge >= 0.3 is 17.9 Å². The van der Waals surface area contributed by atoms with Crippen molar-refractivity contribution in [1.82, 2.24) is 0 Å². The zero-order valence-corrected chi connectivity index (χ0v) is 22.9. The zero-order valence-electron chi connectivity index (χ0n) is 22.9. The summed E-state index contributed by atoms with van der Waals surface area (Å²) < 4.78 is 16.2. The molecule has 0 saturated carbocycles. The Labute approximate surface area is 218 Å². The van der Waals surface area contributed by atoms with Crippen LogP contribution in [0.5, 0.6) is 0 Å². The van der Waals surface area contributed by atoms with E-state index in [1.165, 1.54) is 31.0 Å². The van der Waals surface area contributed by atoms with Gasteiger partial charge in [-0.2, -0.15) is 0 Å². The smallest absolute Gasteiger partial charge is 0.339 e. The lowest BCUT2D eigenvalue weighted by Gasteiger charge is -2.12. The maximum absolute atomic E-state index is 12.9.